The van der Waals surface area contributed by atoms with Gasteiger partial charge in [0, 0.05) is 18.2 Å². The number of rotatable bonds is 4. The first-order valence-electron chi connectivity index (χ1n) is 8.78. The smallest absolute Gasteiger partial charge is 0.233 e. The molecule has 2 N–H and O–H groups in total. The maximum Gasteiger partial charge on any atom is 0.233 e. The highest BCUT2D eigenvalue weighted by Crippen LogP contribution is 2.37. The molecule has 134 valence electrons. The molecule has 2 aliphatic rings. The van der Waals surface area contributed by atoms with Gasteiger partial charge in [0.15, 0.2) is 0 Å². The van der Waals surface area contributed by atoms with Crippen LogP contribution in [-0.4, -0.2) is 32.7 Å². The molecule has 4 rings (SSSR count). The Kier molecular flexibility index (Phi) is 5.32. The second-order valence-corrected chi connectivity index (χ2v) is 7.03. The zero-order valence-corrected chi connectivity index (χ0v) is 15.4. The molecule has 0 bridgehead atoms. The van der Waals surface area contributed by atoms with E-state index in [2.05, 4.69) is 41.0 Å². The quantitative estimate of drug-likeness (QED) is 0.879. The van der Waals surface area contributed by atoms with Crippen molar-refractivity contribution in [3.63, 3.8) is 0 Å². The number of ether oxygens (including phenoxy) is 1. The van der Waals surface area contributed by atoms with E-state index in [1.807, 2.05) is 0 Å². The largest absolute Gasteiger partial charge is 0.384 e. The van der Waals surface area contributed by atoms with Gasteiger partial charge in [0.05, 0.1) is 12.0 Å². The van der Waals surface area contributed by atoms with Crippen LogP contribution in [-0.2, 0) is 22.4 Å². The fourth-order valence-electron chi connectivity index (χ4n) is 4.23. The number of piperidine rings is 1. The number of aryl methyl sites for hydroxylation is 2. The van der Waals surface area contributed by atoms with Gasteiger partial charge in [0.1, 0.15) is 0 Å². The monoisotopic (exact) mass is 360 g/mol. The molecule has 1 saturated heterocycles. The number of hydrogen-bond donors (Lipinski definition) is 2. The topological polar surface area (TPSA) is 50.4 Å². The lowest BCUT2D eigenvalue weighted by molar-refractivity contribution is -0.130. The van der Waals surface area contributed by atoms with Crippen LogP contribution in [0.15, 0.2) is 30.3 Å². The van der Waals surface area contributed by atoms with Crippen molar-refractivity contribution in [1.29, 1.82) is 0 Å². The molecule has 1 aliphatic heterocycles. The molecule has 0 spiro atoms. The van der Waals surface area contributed by atoms with Crippen LogP contribution in [0.3, 0.4) is 0 Å². The van der Waals surface area contributed by atoms with Gasteiger partial charge in [-0.1, -0.05) is 24.3 Å². The molecule has 2 aromatic carbocycles. The minimum absolute atomic E-state index is 0. The van der Waals surface area contributed by atoms with E-state index >= 15 is 0 Å². The molecular formula is C20H25ClN2O2. The van der Waals surface area contributed by atoms with Gasteiger partial charge >= 0.3 is 0 Å². The van der Waals surface area contributed by atoms with Gasteiger partial charge in [-0.3, -0.25) is 4.79 Å². The van der Waals surface area contributed by atoms with Gasteiger partial charge in [-0.25, -0.2) is 0 Å². The van der Waals surface area contributed by atoms with E-state index in [1.54, 1.807) is 7.11 Å². The van der Waals surface area contributed by atoms with E-state index < -0.39 is 5.41 Å². The first kappa shape index (κ1) is 18.2. The first-order chi connectivity index (χ1) is 11.7. The Morgan fingerprint density at radius 1 is 1.16 bits per heavy atom. The number of carbonyl (C=O) groups is 1. The van der Waals surface area contributed by atoms with Crippen molar-refractivity contribution in [1.82, 2.24) is 5.32 Å². The Balaban J connectivity index is 0.00000182. The highest BCUT2D eigenvalue weighted by Gasteiger charge is 2.39. The minimum Gasteiger partial charge on any atom is -0.384 e. The number of hydrogen-bond acceptors (Lipinski definition) is 3. The maximum atomic E-state index is 13.1. The van der Waals surface area contributed by atoms with Gasteiger partial charge in [-0.05, 0) is 61.4 Å². The second-order valence-electron chi connectivity index (χ2n) is 7.03. The molecule has 0 atom stereocenters. The molecule has 1 amide bonds. The van der Waals surface area contributed by atoms with Crippen molar-refractivity contribution >= 4 is 34.8 Å². The fraction of sp³-hybridized carbons (Fsp3) is 0.450. The van der Waals surface area contributed by atoms with E-state index in [-0.39, 0.29) is 18.3 Å². The summed E-state index contributed by atoms with van der Waals surface area (Å²) in [5.74, 6) is 0.0875. The van der Waals surface area contributed by atoms with Crippen LogP contribution < -0.4 is 10.6 Å². The predicted octanol–water partition coefficient (Wildman–Crippen LogP) is 3.31. The lowest BCUT2D eigenvalue weighted by Crippen LogP contribution is -2.47. The van der Waals surface area contributed by atoms with Gasteiger partial charge in [-0.2, -0.15) is 0 Å². The van der Waals surface area contributed by atoms with E-state index in [4.69, 9.17) is 4.74 Å². The molecule has 25 heavy (non-hydrogen) atoms. The number of methoxy groups -OCH3 is 1. The fourth-order valence-corrected chi connectivity index (χ4v) is 4.23. The highest BCUT2D eigenvalue weighted by molar-refractivity contribution is 6.06. The number of nitrogens with one attached hydrogen (secondary N) is 2. The van der Waals surface area contributed by atoms with Crippen LogP contribution in [0.25, 0.3) is 10.8 Å². The molecule has 0 radical (unpaired) electrons. The number of amides is 1. The summed E-state index contributed by atoms with van der Waals surface area (Å²) in [6.07, 6.45) is 3.83. The minimum atomic E-state index is -0.428. The van der Waals surface area contributed by atoms with E-state index in [1.165, 1.54) is 16.5 Å². The van der Waals surface area contributed by atoms with Crippen molar-refractivity contribution in [2.45, 2.75) is 25.7 Å². The summed E-state index contributed by atoms with van der Waals surface area (Å²) in [5.41, 5.74) is 3.29. The second kappa shape index (κ2) is 7.32. The van der Waals surface area contributed by atoms with Crippen LogP contribution in [0.5, 0.6) is 0 Å². The SMILES string of the molecule is COCC1(C(=O)Nc2ccc3c4c(cccc24)CC3)CCNCC1.Cl. The molecule has 1 aliphatic carbocycles. The molecule has 0 unspecified atom stereocenters. The summed E-state index contributed by atoms with van der Waals surface area (Å²) in [6, 6.07) is 10.6. The molecule has 0 aromatic heterocycles. The Bertz CT molecular complexity index is 769. The maximum absolute atomic E-state index is 13.1. The third-order valence-corrected chi connectivity index (χ3v) is 5.59. The summed E-state index contributed by atoms with van der Waals surface area (Å²) in [6.45, 7) is 2.20. The van der Waals surface area contributed by atoms with Crippen molar-refractivity contribution in [3.8, 4) is 0 Å². The number of benzene rings is 2. The standard InChI is InChI=1S/C20H24N2O2.ClH/c1-24-13-20(9-11-21-12-10-20)19(23)22-17-8-7-15-6-5-14-3-2-4-16(17)18(14)15;/h2-4,7-8,21H,5-6,9-13H2,1H3,(H,22,23);1H. The molecule has 1 heterocycles. The zero-order chi connectivity index (χ0) is 16.6. The van der Waals surface area contributed by atoms with E-state index in [9.17, 15) is 4.79 Å². The van der Waals surface area contributed by atoms with Crippen LogP contribution >= 0.6 is 12.4 Å². The van der Waals surface area contributed by atoms with Gasteiger partial charge < -0.3 is 15.4 Å². The van der Waals surface area contributed by atoms with Gasteiger partial charge in [0.25, 0.3) is 0 Å². The molecule has 4 nitrogen and oxygen atoms in total. The Labute approximate surface area is 154 Å². The lowest BCUT2D eigenvalue weighted by Gasteiger charge is -2.35. The average Bonchev–Trinajstić information content (AvgIpc) is 3.03. The lowest BCUT2D eigenvalue weighted by atomic mass is 9.78. The van der Waals surface area contributed by atoms with E-state index in [0.717, 1.165) is 49.8 Å². The molecule has 2 aromatic rings. The van der Waals surface area contributed by atoms with Crippen LogP contribution in [0.1, 0.15) is 24.0 Å². The van der Waals surface area contributed by atoms with Crippen LogP contribution in [0.2, 0.25) is 0 Å². The molecule has 1 fully saturated rings. The Hall–Kier alpha value is -1.62. The van der Waals surface area contributed by atoms with Gasteiger partial charge in [-0.15, -0.1) is 12.4 Å². The molecule has 0 saturated carbocycles. The summed E-state index contributed by atoms with van der Waals surface area (Å²) in [5, 5.41) is 9.05. The molecular weight excluding hydrogens is 336 g/mol. The summed E-state index contributed by atoms with van der Waals surface area (Å²) < 4.78 is 5.39. The summed E-state index contributed by atoms with van der Waals surface area (Å²) in [4.78, 5) is 13.1. The van der Waals surface area contributed by atoms with Crippen LogP contribution in [0.4, 0.5) is 5.69 Å². The first-order valence-corrected chi connectivity index (χ1v) is 8.78. The normalized spacial score (nSPS) is 18.0. The third kappa shape index (κ3) is 3.14. The number of anilines is 1. The zero-order valence-electron chi connectivity index (χ0n) is 14.6. The van der Waals surface area contributed by atoms with E-state index in [0.29, 0.717) is 6.61 Å². The predicted molar refractivity (Wildman–Crippen MR) is 104 cm³/mol. The average molecular weight is 361 g/mol. The summed E-state index contributed by atoms with van der Waals surface area (Å²) >= 11 is 0. The number of halogens is 1. The van der Waals surface area contributed by atoms with Crippen molar-refractivity contribution < 1.29 is 9.53 Å². The van der Waals surface area contributed by atoms with Crippen LogP contribution in [0, 0.1) is 5.41 Å². The Morgan fingerprint density at radius 2 is 1.88 bits per heavy atom. The Morgan fingerprint density at radius 3 is 2.60 bits per heavy atom. The third-order valence-electron chi connectivity index (χ3n) is 5.59. The van der Waals surface area contributed by atoms with Crippen molar-refractivity contribution in [3.05, 3.63) is 41.5 Å². The highest BCUT2D eigenvalue weighted by atomic mass is 35.5. The molecule has 5 heteroatoms. The van der Waals surface area contributed by atoms with Gasteiger partial charge in [0.2, 0.25) is 5.91 Å². The number of carbonyl (C=O) groups excluding carboxylic acids is 1. The van der Waals surface area contributed by atoms with Crippen molar-refractivity contribution in [2.24, 2.45) is 5.41 Å². The van der Waals surface area contributed by atoms with Crippen molar-refractivity contribution in [2.75, 3.05) is 32.1 Å². The summed E-state index contributed by atoms with van der Waals surface area (Å²) in [7, 11) is 1.68.